The van der Waals surface area contributed by atoms with Gasteiger partial charge in [-0.3, -0.25) is 19.5 Å². The molecule has 37 heavy (non-hydrogen) atoms. The number of hydrogen-bond donors (Lipinski definition) is 1. The molecule has 9 heteroatoms. The average molecular weight is 516 g/mol. The van der Waals surface area contributed by atoms with Crippen molar-refractivity contribution in [3.63, 3.8) is 0 Å². The second-order valence-electron chi connectivity index (χ2n) is 8.87. The number of anilines is 1. The molecule has 0 spiro atoms. The van der Waals surface area contributed by atoms with E-state index in [0.717, 1.165) is 21.4 Å². The van der Waals surface area contributed by atoms with Gasteiger partial charge in [0.2, 0.25) is 0 Å². The topological polar surface area (TPSA) is 102 Å². The van der Waals surface area contributed by atoms with Crippen LogP contribution in [0, 0.1) is 20.8 Å². The SMILES string of the molecule is COc1cc2sc(N3C(=O)C(=O)/C(=C(/O)c4cc(C)cc(C)c4OC)C3c3ccccn3)nc2cc1C. The number of methoxy groups -OCH3 is 2. The molecule has 0 bridgehead atoms. The molecule has 0 radical (unpaired) electrons. The number of carbonyl (C=O) groups is 2. The number of pyridine rings is 1. The number of ether oxygens (including phenoxy) is 2. The molecular formula is C28H25N3O5S. The van der Waals surface area contributed by atoms with Crippen LogP contribution in [0.2, 0.25) is 0 Å². The van der Waals surface area contributed by atoms with Crippen molar-refractivity contribution in [2.75, 3.05) is 19.1 Å². The van der Waals surface area contributed by atoms with Crippen molar-refractivity contribution in [3.05, 3.63) is 82.2 Å². The minimum atomic E-state index is -0.977. The van der Waals surface area contributed by atoms with Crippen LogP contribution in [0.5, 0.6) is 11.5 Å². The second-order valence-corrected chi connectivity index (χ2v) is 9.88. The molecule has 0 aliphatic carbocycles. The molecule has 3 heterocycles. The predicted octanol–water partition coefficient (Wildman–Crippen LogP) is 5.26. The summed E-state index contributed by atoms with van der Waals surface area (Å²) in [5.41, 5.74) is 3.94. The van der Waals surface area contributed by atoms with E-state index in [1.807, 2.05) is 39.0 Å². The maximum Gasteiger partial charge on any atom is 0.301 e. The highest BCUT2D eigenvalue weighted by molar-refractivity contribution is 7.22. The van der Waals surface area contributed by atoms with E-state index in [4.69, 9.17) is 9.47 Å². The number of ketones is 1. The first-order valence-electron chi connectivity index (χ1n) is 11.6. The molecule has 5 rings (SSSR count). The fourth-order valence-electron chi connectivity index (χ4n) is 4.76. The Bertz CT molecular complexity index is 1590. The third-order valence-electron chi connectivity index (χ3n) is 6.39. The number of rotatable bonds is 5. The summed E-state index contributed by atoms with van der Waals surface area (Å²) in [7, 11) is 3.09. The summed E-state index contributed by atoms with van der Waals surface area (Å²) in [5, 5.41) is 11.9. The number of amides is 1. The fourth-order valence-corrected chi connectivity index (χ4v) is 5.77. The van der Waals surface area contributed by atoms with Crippen LogP contribution in [0.25, 0.3) is 16.0 Å². The number of aryl methyl sites for hydroxylation is 3. The first-order valence-corrected chi connectivity index (χ1v) is 12.4. The first kappa shape index (κ1) is 24.5. The van der Waals surface area contributed by atoms with E-state index < -0.39 is 17.7 Å². The molecule has 0 saturated carbocycles. The van der Waals surface area contributed by atoms with Crippen LogP contribution >= 0.6 is 11.3 Å². The van der Waals surface area contributed by atoms with Crippen molar-refractivity contribution in [2.45, 2.75) is 26.8 Å². The minimum Gasteiger partial charge on any atom is -0.507 e. The van der Waals surface area contributed by atoms with Gasteiger partial charge in [-0.15, -0.1) is 0 Å². The third-order valence-corrected chi connectivity index (χ3v) is 7.41. The van der Waals surface area contributed by atoms with Crippen molar-refractivity contribution in [3.8, 4) is 11.5 Å². The second kappa shape index (κ2) is 9.33. The number of thiazole rings is 1. The number of benzene rings is 2. The molecular weight excluding hydrogens is 490 g/mol. The van der Waals surface area contributed by atoms with Gasteiger partial charge in [0.05, 0.1) is 41.3 Å². The maximum atomic E-state index is 13.5. The van der Waals surface area contributed by atoms with Gasteiger partial charge in [0.25, 0.3) is 5.78 Å². The van der Waals surface area contributed by atoms with E-state index in [1.165, 1.54) is 23.3 Å². The first-order chi connectivity index (χ1) is 17.7. The molecule has 1 amide bonds. The largest absolute Gasteiger partial charge is 0.507 e. The standard InChI is InChI=1S/C28H25N3O5S/c1-14-10-16(3)26(36-5)17(11-14)24(32)22-23(18-8-6-7-9-29-18)31(27(34)25(22)33)28-30-19-12-15(2)20(35-4)13-21(19)37-28/h6-13,23,32H,1-5H3/b24-22+. The minimum absolute atomic E-state index is 0.0694. The van der Waals surface area contributed by atoms with Crippen LogP contribution in [-0.4, -0.2) is 41.0 Å². The van der Waals surface area contributed by atoms with E-state index in [2.05, 4.69) is 9.97 Å². The predicted molar refractivity (Wildman–Crippen MR) is 142 cm³/mol. The van der Waals surface area contributed by atoms with E-state index in [-0.39, 0.29) is 11.3 Å². The zero-order chi connectivity index (χ0) is 26.4. The number of aromatic nitrogens is 2. The van der Waals surface area contributed by atoms with Crippen molar-refractivity contribution in [2.24, 2.45) is 0 Å². The number of hydrogen-bond acceptors (Lipinski definition) is 8. The molecule has 1 N–H and O–H groups in total. The lowest BCUT2D eigenvalue weighted by atomic mass is 9.96. The fraction of sp³-hybridized carbons (Fsp3) is 0.214. The Morgan fingerprint density at radius 1 is 1.03 bits per heavy atom. The van der Waals surface area contributed by atoms with Gasteiger partial charge in [-0.05, 0) is 67.8 Å². The van der Waals surface area contributed by atoms with Crippen molar-refractivity contribution in [1.29, 1.82) is 0 Å². The molecule has 8 nitrogen and oxygen atoms in total. The zero-order valence-corrected chi connectivity index (χ0v) is 21.8. The van der Waals surface area contributed by atoms with Crippen LogP contribution in [-0.2, 0) is 9.59 Å². The quantitative estimate of drug-likeness (QED) is 0.220. The van der Waals surface area contributed by atoms with Crippen LogP contribution in [0.15, 0.2) is 54.2 Å². The molecule has 1 aliphatic heterocycles. The lowest BCUT2D eigenvalue weighted by Crippen LogP contribution is -2.29. The van der Waals surface area contributed by atoms with Crippen molar-refractivity contribution in [1.82, 2.24) is 9.97 Å². The Morgan fingerprint density at radius 3 is 2.49 bits per heavy atom. The average Bonchev–Trinajstić information content (AvgIpc) is 3.40. The highest BCUT2D eigenvalue weighted by atomic mass is 32.1. The number of nitrogens with zero attached hydrogens (tertiary/aromatic N) is 3. The Kier molecular flexibility index (Phi) is 6.16. The Hall–Kier alpha value is -4.24. The molecule has 1 unspecified atom stereocenters. The number of fused-ring (bicyclic) bond motifs is 1. The van der Waals surface area contributed by atoms with Crippen LogP contribution in [0.1, 0.15) is 34.0 Å². The van der Waals surface area contributed by atoms with Gasteiger partial charge < -0.3 is 14.6 Å². The Morgan fingerprint density at radius 2 is 1.81 bits per heavy atom. The number of aliphatic hydroxyl groups is 1. The smallest absolute Gasteiger partial charge is 0.301 e. The molecule has 2 aromatic heterocycles. The lowest BCUT2D eigenvalue weighted by molar-refractivity contribution is -0.132. The van der Waals surface area contributed by atoms with E-state index in [9.17, 15) is 14.7 Å². The van der Waals surface area contributed by atoms with Crippen LogP contribution in [0.4, 0.5) is 5.13 Å². The van der Waals surface area contributed by atoms with Gasteiger partial charge in [-0.2, -0.15) is 0 Å². The van der Waals surface area contributed by atoms with Crippen LogP contribution < -0.4 is 14.4 Å². The Balaban J connectivity index is 1.76. The third kappa shape index (κ3) is 4.01. The number of aliphatic hydroxyl groups excluding tert-OH is 1. The summed E-state index contributed by atoms with van der Waals surface area (Å²) < 4.78 is 11.8. The highest BCUT2D eigenvalue weighted by Crippen LogP contribution is 2.45. The van der Waals surface area contributed by atoms with Gasteiger partial charge in [0.15, 0.2) is 5.13 Å². The number of Topliss-reactive ketones (excluding diaryl/α,β-unsaturated/α-hetero) is 1. The van der Waals surface area contributed by atoms with Gasteiger partial charge >= 0.3 is 5.91 Å². The zero-order valence-electron chi connectivity index (χ0n) is 21.0. The van der Waals surface area contributed by atoms with E-state index in [1.54, 1.807) is 37.6 Å². The van der Waals surface area contributed by atoms with Gasteiger partial charge in [0, 0.05) is 6.20 Å². The van der Waals surface area contributed by atoms with Crippen molar-refractivity contribution < 1.29 is 24.2 Å². The summed E-state index contributed by atoms with van der Waals surface area (Å²) in [4.78, 5) is 37.4. The normalized spacial score (nSPS) is 17.0. The van der Waals surface area contributed by atoms with Gasteiger partial charge in [-0.25, -0.2) is 4.98 Å². The van der Waals surface area contributed by atoms with E-state index in [0.29, 0.717) is 33.4 Å². The highest BCUT2D eigenvalue weighted by Gasteiger charge is 2.49. The molecule has 1 aliphatic rings. The molecule has 1 fully saturated rings. The van der Waals surface area contributed by atoms with E-state index >= 15 is 0 Å². The van der Waals surface area contributed by atoms with Gasteiger partial charge in [0.1, 0.15) is 23.3 Å². The summed E-state index contributed by atoms with van der Waals surface area (Å²) in [6, 6.07) is 11.6. The summed E-state index contributed by atoms with van der Waals surface area (Å²) in [6.07, 6.45) is 1.58. The lowest BCUT2D eigenvalue weighted by Gasteiger charge is -2.22. The molecule has 4 aromatic rings. The Labute approximate surface area is 217 Å². The molecule has 2 aromatic carbocycles. The molecule has 1 atom stereocenters. The monoisotopic (exact) mass is 515 g/mol. The summed E-state index contributed by atoms with van der Waals surface area (Å²) in [6.45, 7) is 5.65. The summed E-state index contributed by atoms with van der Waals surface area (Å²) in [5.74, 6) is -0.797. The molecule has 1 saturated heterocycles. The molecule has 188 valence electrons. The van der Waals surface area contributed by atoms with Gasteiger partial charge in [-0.1, -0.05) is 23.5 Å². The van der Waals surface area contributed by atoms with Crippen molar-refractivity contribution >= 4 is 44.1 Å². The van der Waals surface area contributed by atoms with Crippen LogP contribution in [0.3, 0.4) is 0 Å². The number of carbonyl (C=O) groups excluding carboxylic acids is 2. The summed E-state index contributed by atoms with van der Waals surface area (Å²) >= 11 is 1.26. The maximum absolute atomic E-state index is 13.5.